The molecule has 4 nitrogen and oxygen atoms in total. The summed E-state index contributed by atoms with van der Waals surface area (Å²) in [5.74, 6) is 1.36. The van der Waals surface area contributed by atoms with Crippen molar-refractivity contribution in [3.8, 4) is 0 Å². The minimum atomic E-state index is -0.411. The molecule has 0 saturated heterocycles. The van der Waals surface area contributed by atoms with Crippen LogP contribution in [-0.4, -0.2) is 31.8 Å². The lowest BCUT2D eigenvalue weighted by Crippen LogP contribution is -2.37. The van der Waals surface area contributed by atoms with Crippen molar-refractivity contribution in [2.24, 2.45) is 11.8 Å². The second-order valence-corrected chi connectivity index (χ2v) is 6.34. The predicted octanol–water partition coefficient (Wildman–Crippen LogP) is 2.54. The van der Waals surface area contributed by atoms with Gasteiger partial charge in [-0.15, -0.1) is 0 Å². The fourth-order valence-electron chi connectivity index (χ4n) is 2.60. The first-order valence-electron chi connectivity index (χ1n) is 7.02. The second-order valence-electron chi connectivity index (χ2n) is 6.34. The molecule has 0 aromatic heterocycles. The number of alkyl carbamates (subject to hydrolysis) is 1. The van der Waals surface area contributed by atoms with E-state index in [2.05, 4.69) is 10.6 Å². The van der Waals surface area contributed by atoms with Crippen molar-refractivity contribution >= 4 is 6.09 Å². The van der Waals surface area contributed by atoms with E-state index in [1.165, 1.54) is 25.7 Å². The predicted molar refractivity (Wildman–Crippen MR) is 73.6 cm³/mol. The summed E-state index contributed by atoms with van der Waals surface area (Å²) in [6.07, 6.45) is 4.71. The molecule has 1 rings (SSSR count). The van der Waals surface area contributed by atoms with Gasteiger partial charge in [0.2, 0.25) is 0 Å². The zero-order valence-corrected chi connectivity index (χ0v) is 12.2. The van der Waals surface area contributed by atoms with Gasteiger partial charge in [0.15, 0.2) is 0 Å². The molecule has 0 bridgehead atoms. The maximum Gasteiger partial charge on any atom is 0.407 e. The first-order valence-corrected chi connectivity index (χ1v) is 7.02. The first-order chi connectivity index (χ1) is 8.40. The van der Waals surface area contributed by atoms with Gasteiger partial charge in [0.25, 0.3) is 0 Å². The Bertz CT molecular complexity index is 259. The zero-order valence-electron chi connectivity index (χ0n) is 12.2. The molecule has 1 fully saturated rings. The topological polar surface area (TPSA) is 50.4 Å². The number of rotatable bonds is 4. The second kappa shape index (κ2) is 6.98. The van der Waals surface area contributed by atoms with Crippen molar-refractivity contribution in [2.45, 2.75) is 52.1 Å². The van der Waals surface area contributed by atoms with Crippen LogP contribution < -0.4 is 10.6 Å². The van der Waals surface area contributed by atoms with Crippen LogP contribution in [0.25, 0.3) is 0 Å². The van der Waals surface area contributed by atoms with Gasteiger partial charge in [0, 0.05) is 6.54 Å². The highest BCUT2D eigenvalue weighted by Gasteiger charge is 2.23. The summed E-state index contributed by atoms with van der Waals surface area (Å²) in [7, 11) is 2.00. The molecule has 2 unspecified atom stereocenters. The molecule has 2 N–H and O–H groups in total. The maximum atomic E-state index is 11.6. The highest BCUT2D eigenvalue weighted by molar-refractivity contribution is 5.67. The fourth-order valence-corrected chi connectivity index (χ4v) is 2.60. The van der Waals surface area contributed by atoms with Crippen LogP contribution in [0.3, 0.4) is 0 Å². The fraction of sp³-hybridized carbons (Fsp3) is 0.929. The average molecular weight is 256 g/mol. The Labute approximate surface area is 111 Å². The summed E-state index contributed by atoms with van der Waals surface area (Å²) in [6.45, 7) is 7.49. The Hall–Kier alpha value is -0.770. The van der Waals surface area contributed by atoms with Crippen molar-refractivity contribution in [2.75, 3.05) is 20.1 Å². The maximum absolute atomic E-state index is 11.6. The van der Waals surface area contributed by atoms with Gasteiger partial charge in [-0.05, 0) is 65.5 Å². The zero-order chi connectivity index (χ0) is 13.6. The third-order valence-electron chi connectivity index (χ3n) is 3.32. The van der Waals surface area contributed by atoms with Gasteiger partial charge >= 0.3 is 6.09 Å². The summed E-state index contributed by atoms with van der Waals surface area (Å²) in [5.41, 5.74) is -0.411. The molecular weight excluding hydrogens is 228 g/mol. The van der Waals surface area contributed by atoms with Crippen LogP contribution in [0.1, 0.15) is 46.5 Å². The van der Waals surface area contributed by atoms with Gasteiger partial charge in [-0.2, -0.15) is 0 Å². The van der Waals surface area contributed by atoms with Gasteiger partial charge in [-0.25, -0.2) is 4.79 Å². The average Bonchev–Trinajstić information content (AvgIpc) is 2.25. The molecule has 4 heteroatoms. The van der Waals surface area contributed by atoms with Gasteiger partial charge in [-0.1, -0.05) is 6.42 Å². The number of ether oxygens (including phenoxy) is 1. The summed E-state index contributed by atoms with van der Waals surface area (Å²) >= 11 is 0. The van der Waals surface area contributed by atoms with E-state index < -0.39 is 5.60 Å². The monoisotopic (exact) mass is 256 g/mol. The third kappa shape index (κ3) is 6.24. The Kier molecular flexibility index (Phi) is 5.93. The molecule has 0 radical (unpaired) electrons. The standard InChI is InChI=1S/C14H28N2O2/c1-14(2,3)18-13(17)16-10-12-7-5-6-11(8-12)9-15-4/h11-12,15H,5-10H2,1-4H3,(H,16,17). The van der Waals surface area contributed by atoms with E-state index in [0.717, 1.165) is 19.0 Å². The number of carbonyl (C=O) groups excluding carboxylic acids is 1. The number of hydrogen-bond acceptors (Lipinski definition) is 3. The number of amides is 1. The quantitative estimate of drug-likeness (QED) is 0.812. The minimum Gasteiger partial charge on any atom is -0.444 e. The molecule has 1 saturated carbocycles. The lowest BCUT2D eigenvalue weighted by molar-refractivity contribution is 0.0512. The highest BCUT2D eigenvalue weighted by atomic mass is 16.6. The largest absolute Gasteiger partial charge is 0.444 e. The molecule has 0 aromatic carbocycles. The summed E-state index contributed by atoms with van der Waals surface area (Å²) in [4.78, 5) is 11.6. The first kappa shape index (κ1) is 15.3. The lowest BCUT2D eigenvalue weighted by Gasteiger charge is -2.29. The normalized spacial score (nSPS) is 24.7. The van der Waals surface area contributed by atoms with Gasteiger partial charge in [0.1, 0.15) is 5.60 Å². The SMILES string of the molecule is CNCC1CCCC(CNC(=O)OC(C)(C)C)C1. The number of hydrogen-bond donors (Lipinski definition) is 2. The van der Waals surface area contributed by atoms with Gasteiger partial charge in [-0.3, -0.25) is 0 Å². The number of nitrogens with one attached hydrogen (secondary N) is 2. The number of carbonyl (C=O) groups is 1. The molecule has 2 atom stereocenters. The summed E-state index contributed by atoms with van der Waals surface area (Å²) in [5, 5.41) is 6.13. The van der Waals surface area contributed by atoms with E-state index in [-0.39, 0.29) is 6.09 Å². The lowest BCUT2D eigenvalue weighted by atomic mass is 9.81. The Morgan fingerprint density at radius 2 is 1.83 bits per heavy atom. The van der Waals surface area contributed by atoms with Crippen LogP contribution >= 0.6 is 0 Å². The molecule has 1 aliphatic rings. The van der Waals surface area contributed by atoms with Gasteiger partial charge in [0.05, 0.1) is 0 Å². The summed E-state index contributed by atoms with van der Waals surface area (Å²) in [6, 6.07) is 0. The molecule has 18 heavy (non-hydrogen) atoms. The van der Waals surface area contributed by atoms with Crippen LogP contribution in [-0.2, 0) is 4.74 Å². The van der Waals surface area contributed by atoms with E-state index >= 15 is 0 Å². The molecule has 1 amide bonds. The van der Waals surface area contributed by atoms with Crippen LogP contribution in [0, 0.1) is 11.8 Å². The molecule has 106 valence electrons. The van der Waals surface area contributed by atoms with Crippen LogP contribution in [0.15, 0.2) is 0 Å². The van der Waals surface area contributed by atoms with E-state index in [9.17, 15) is 4.79 Å². The van der Waals surface area contributed by atoms with Crippen molar-refractivity contribution in [1.82, 2.24) is 10.6 Å². The Morgan fingerprint density at radius 3 is 2.39 bits per heavy atom. The smallest absolute Gasteiger partial charge is 0.407 e. The molecule has 0 spiro atoms. The van der Waals surface area contributed by atoms with Crippen molar-refractivity contribution in [1.29, 1.82) is 0 Å². The molecule has 0 aromatic rings. The molecule has 1 aliphatic carbocycles. The highest BCUT2D eigenvalue weighted by Crippen LogP contribution is 2.28. The van der Waals surface area contributed by atoms with E-state index in [0.29, 0.717) is 5.92 Å². The Balaban J connectivity index is 2.24. The van der Waals surface area contributed by atoms with E-state index in [1.807, 2.05) is 27.8 Å². The van der Waals surface area contributed by atoms with Crippen molar-refractivity contribution < 1.29 is 9.53 Å². The third-order valence-corrected chi connectivity index (χ3v) is 3.32. The van der Waals surface area contributed by atoms with Crippen LogP contribution in [0.2, 0.25) is 0 Å². The summed E-state index contributed by atoms with van der Waals surface area (Å²) < 4.78 is 5.24. The van der Waals surface area contributed by atoms with Crippen molar-refractivity contribution in [3.05, 3.63) is 0 Å². The Morgan fingerprint density at radius 1 is 1.22 bits per heavy atom. The van der Waals surface area contributed by atoms with Crippen LogP contribution in [0.4, 0.5) is 4.79 Å². The minimum absolute atomic E-state index is 0.293. The molecule has 0 heterocycles. The molecule has 0 aliphatic heterocycles. The van der Waals surface area contributed by atoms with Crippen LogP contribution in [0.5, 0.6) is 0 Å². The van der Waals surface area contributed by atoms with Gasteiger partial charge < -0.3 is 15.4 Å². The van der Waals surface area contributed by atoms with E-state index in [4.69, 9.17) is 4.74 Å². The van der Waals surface area contributed by atoms with Crippen molar-refractivity contribution in [3.63, 3.8) is 0 Å². The van der Waals surface area contributed by atoms with E-state index in [1.54, 1.807) is 0 Å². The molecular formula is C14H28N2O2.